The zero-order valence-corrected chi connectivity index (χ0v) is 27.2. The predicted molar refractivity (Wildman–Crippen MR) is 171 cm³/mol. The van der Waals surface area contributed by atoms with Gasteiger partial charge in [0, 0.05) is 35.8 Å². The fourth-order valence-corrected chi connectivity index (χ4v) is 8.11. The third-order valence-electron chi connectivity index (χ3n) is 9.15. The number of likely N-dealkylation sites (N-methyl/N-ethyl adjacent to an activating group) is 1. The van der Waals surface area contributed by atoms with Crippen molar-refractivity contribution < 1.29 is 14.1 Å². The molecule has 0 spiro atoms. The van der Waals surface area contributed by atoms with E-state index in [2.05, 4.69) is 54.4 Å². The van der Waals surface area contributed by atoms with E-state index >= 15 is 0 Å². The molecule has 6 rings (SSSR count). The summed E-state index contributed by atoms with van der Waals surface area (Å²) < 4.78 is 14.2. The number of aromatic nitrogens is 5. The van der Waals surface area contributed by atoms with E-state index in [-0.39, 0.29) is 23.7 Å². The van der Waals surface area contributed by atoms with Crippen molar-refractivity contribution in [3.8, 4) is 29.3 Å². The first-order valence-corrected chi connectivity index (χ1v) is 16.3. The number of nitrogens with one attached hydrogen (secondary N) is 1. The Balaban J connectivity index is 1.47. The molecule has 1 amide bonds. The standard InChI is InChI=1S/C32H39N9O3S/c1-6-9-19-27(39-44-28(19)32(3)13-7-11-23-26(32)20(17-33)29(34)45-23)30-36-24(41-15-12-21(38-41)31(42)35-4)16-25(37-30)43-18(2)22-10-8-14-40(22)5/h12,15-16,18,22H,6-11,13-14,34H2,1-5H3,(H,35,42)/t18-,22-,32-/m0/s1. The first kappa shape index (κ1) is 30.7. The lowest BCUT2D eigenvalue weighted by atomic mass is 9.69. The van der Waals surface area contributed by atoms with E-state index in [1.807, 2.05) is 0 Å². The first-order valence-electron chi connectivity index (χ1n) is 15.5. The minimum absolute atomic E-state index is 0.122. The highest BCUT2D eigenvalue weighted by molar-refractivity contribution is 7.16. The summed E-state index contributed by atoms with van der Waals surface area (Å²) in [6.45, 7) is 7.31. The molecule has 0 bridgehead atoms. The van der Waals surface area contributed by atoms with Crippen LogP contribution >= 0.6 is 11.3 Å². The molecule has 1 fully saturated rings. The molecular formula is C32H39N9O3S. The van der Waals surface area contributed by atoms with Crippen LogP contribution in [-0.2, 0) is 18.3 Å². The Bertz CT molecular complexity index is 1770. The van der Waals surface area contributed by atoms with Crippen molar-refractivity contribution in [2.45, 2.75) is 83.3 Å². The molecule has 3 N–H and O–H groups in total. The van der Waals surface area contributed by atoms with Gasteiger partial charge in [-0.05, 0) is 77.6 Å². The van der Waals surface area contributed by atoms with Crippen molar-refractivity contribution in [3.05, 3.63) is 51.4 Å². The molecular weight excluding hydrogens is 590 g/mol. The maximum absolute atomic E-state index is 12.3. The van der Waals surface area contributed by atoms with E-state index in [1.54, 1.807) is 25.4 Å². The molecule has 1 aliphatic carbocycles. The normalized spacial score (nSPS) is 20.5. The number of amides is 1. The van der Waals surface area contributed by atoms with Gasteiger partial charge in [0.15, 0.2) is 28.8 Å². The zero-order valence-electron chi connectivity index (χ0n) is 26.4. The fourth-order valence-electron chi connectivity index (χ4n) is 6.92. The smallest absolute Gasteiger partial charge is 0.271 e. The summed E-state index contributed by atoms with van der Waals surface area (Å²) in [5.74, 6) is 1.58. The second-order valence-corrected chi connectivity index (χ2v) is 13.3. The predicted octanol–water partition coefficient (Wildman–Crippen LogP) is 4.65. The van der Waals surface area contributed by atoms with Crippen molar-refractivity contribution in [1.82, 2.24) is 35.1 Å². The van der Waals surface area contributed by atoms with Crippen LogP contribution in [0.3, 0.4) is 0 Å². The number of nitrogens with two attached hydrogens (primary N) is 1. The molecule has 5 heterocycles. The Hall–Kier alpha value is -4.28. The highest BCUT2D eigenvalue weighted by Gasteiger charge is 2.44. The van der Waals surface area contributed by atoms with E-state index in [9.17, 15) is 10.1 Å². The Morgan fingerprint density at radius 2 is 2.20 bits per heavy atom. The number of likely N-dealkylation sites (tertiary alicyclic amines) is 1. The topological polar surface area (TPSA) is 161 Å². The largest absolute Gasteiger partial charge is 0.473 e. The molecule has 3 atom stereocenters. The minimum Gasteiger partial charge on any atom is -0.473 e. The molecule has 1 saturated heterocycles. The average molecular weight is 630 g/mol. The zero-order chi connectivity index (χ0) is 31.9. The van der Waals surface area contributed by atoms with Crippen LogP contribution in [0.5, 0.6) is 5.88 Å². The van der Waals surface area contributed by atoms with E-state index < -0.39 is 5.41 Å². The molecule has 0 saturated carbocycles. The van der Waals surface area contributed by atoms with E-state index in [1.165, 1.54) is 16.0 Å². The number of nitriles is 1. The number of carbonyl (C=O) groups excluding carboxylic acids is 1. The van der Waals surface area contributed by atoms with Gasteiger partial charge in [-0.2, -0.15) is 15.3 Å². The second-order valence-electron chi connectivity index (χ2n) is 12.2. The van der Waals surface area contributed by atoms with Gasteiger partial charge in [0.25, 0.3) is 5.91 Å². The SMILES string of the molecule is CCCc1c(-c2nc(O[C@@H](C)[C@@H]3CCCN3C)cc(-n3ccc(C(=O)NC)n3)n2)noc1[C@@]1(C)CCCc2sc(N)c(C#N)c21. The second kappa shape index (κ2) is 12.3. The Labute approximate surface area is 266 Å². The van der Waals surface area contributed by atoms with Crippen LogP contribution in [0, 0.1) is 11.3 Å². The quantitative estimate of drug-likeness (QED) is 0.267. The van der Waals surface area contributed by atoms with Gasteiger partial charge in [-0.15, -0.1) is 11.3 Å². The number of hydrogen-bond acceptors (Lipinski definition) is 11. The molecule has 236 valence electrons. The number of carbonyl (C=O) groups is 1. The van der Waals surface area contributed by atoms with Crippen LogP contribution in [0.1, 0.15) is 90.7 Å². The summed E-state index contributed by atoms with van der Waals surface area (Å²) in [6.07, 6.45) is 7.87. The van der Waals surface area contributed by atoms with Gasteiger partial charge in [-0.25, -0.2) is 9.67 Å². The molecule has 0 radical (unpaired) electrons. The highest BCUT2D eigenvalue weighted by atomic mass is 32.1. The number of hydrogen-bond donors (Lipinski definition) is 2. The van der Waals surface area contributed by atoms with Crippen molar-refractivity contribution in [2.24, 2.45) is 0 Å². The summed E-state index contributed by atoms with van der Waals surface area (Å²) in [4.78, 5) is 25.5. The molecule has 13 heteroatoms. The summed E-state index contributed by atoms with van der Waals surface area (Å²) in [5.41, 5.74) is 8.91. The molecule has 2 aliphatic rings. The van der Waals surface area contributed by atoms with Gasteiger partial charge in [0.05, 0.1) is 11.0 Å². The van der Waals surface area contributed by atoms with Crippen LogP contribution in [0.25, 0.3) is 17.3 Å². The van der Waals surface area contributed by atoms with Crippen molar-refractivity contribution >= 4 is 22.2 Å². The maximum Gasteiger partial charge on any atom is 0.271 e. The molecule has 4 aromatic rings. The maximum atomic E-state index is 12.3. The number of anilines is 1. The lowest BCUT2D eigenvalue weighted by Gasteiger charge is -2.33. The lowest BCUT2D eigenvalue weighted by molar-refractivity contribution is 0.0957. The summed E-state index contributed by atoms with van der Waals surface area (Å²) >= 11 is 1.49. The van der Waals surface area contributed by atoms with Crippen LogP contribution in [-0.4, -0.2) is 68.5 Å². The number of nitrogens with zero attached hydrogens (tertiary/aromatic N) is 7. The molecule has 0 aromatic carbocycles. The van der Waals surface area contributed by atoms with Crippen LogP contribution in [0.2, 0.25) is 0 Å². The number of ether oxygens (including phenoxy) is 1. The van der Waals surface area contributed by atoms with Crippen LogP contribution in [0.4, 0.5) is 5.00 Å². The number of nitrogen functional groups attached to an aromatic ring is 1. The van der Waals surface area contributed by atoms with Crippen molar-refractivity contribution in [3.63, 3.8) is 0 Å². The average Bonchev–Trinajstić information content (AvgIpc) is 3.83. The van der Waals surface area contributed by atoms with Gasteiger partial charge >= 0.3 is 0 Å². The molecule has 0 unspecified atom stereocenters. The van der Waals surface area contributed by atoms with Crippen molar-refractivity contribution in [2.75, 3.05) is 26.4 Å². The van der Waals surface area contributed by atoms with Gasteiger partial charge in [-0.3, -0.25) is 9.69 Å². The Morgan fingerprint density at radius 1 is 1.38 bits per heavy atom. The number of aryl methyl sites for hydroxylation is 1. The summed E-state index contributed by atoms with van der Waals surface area (Å²) in [6, 6.07) is 5.98. The third kappa shape index (κ3) is 5.46. The number of thiophene rings is 1. The Kier molecular flexibility index (Phi) is 8.37. The monoisotopic (exact) mass is 629 g/mol. The molecule has 45 heavy (non-hydrogen) atoms. The minimum atomic E-state index is -0.578. The van der Waals surface area contributed by atoms with Gasteiger partial charge < -0.3 is 20.3 Å². The number of rotatable bonds is 9. The van der Waals surface area contributed by atoms with Crippen molar-refractivity contribution in [1.29, 1.82) is 5.26 Å². The lowest BCUT2D eigenvalue weighted by Crippen LogP contribution is -2.38. The Morgan fingerprint density at radius 3 is 2.91 bits per heavy atom. The van der Waals surface area contributed by atoms with E-state index in [0.717, 1.165) is 61.1 Å². The molecule has 4 aromatic heterocycles. The fraction of sp³-hybridized carbons (Fsp3) is 0.500. The molecule has 1 aliphatic heterocycles. The molecule has 12 nitrogen and oxygen atoms in total. The van der Waals surface area contributed by atoms with Gasteiger partial charge in [-0.1, -0.05) is 18.5 Å². The van der Waals surface area contributed by atoms with Gasteiger partial charge in [0.2, 0.25) is 5.88 Å². The summed E-state index contributed by atoms with van der Waals surface area (Å²) in [5, 5.41) is 22.2. The third-order valence-corrected chi connectivity index (χ3v) is 10.2. The van der Waals surface area contributed by atoms with E-state index in [0.29, 0.717) is 46.0 Å². The summed E-state index contributed by atoms with van der Waals surface area (Å²) in [7, 11) is 3.68. The number of fused-ring (bicyclic) bond motifs is 1. The van der Waals surface area contributed by atoms with Crippen LogP contribution < -0.4 is 15.8 Å². The van der Waals surface area contributed by atoms with E-state index in [4.69, 9.17) is 25.0 Å². The van der Waals surface area contributed by atoms with Gasteiger partial charge in [0.1, 0.15) is 17.2 Å². The highest BCUT2D eigenvalue weighted by Crippen LogP contribution is 2.50. The van der Waals surface area contributed by atoms with Crippen LogP contribution in [0.15, 0.2) is 22.9 Å². The first-order chi connectivity index (χ1) is 21.7.